The molecule has 0 aliphatic rings. The standard InChI is InChI=1S/C24H23N3O4/c1-17-7-3-4-8-19(17)15-25-31-16-23(28)26-20-13-11-18(12-14-20)24(29)27-21-9-5-6-10-22(21)30-2/h3-15H,16H2,1-2H3,(H,26,28)(H,27,29)/b25-15+. The van der Waals surface area contributed by atoms with Crippen LogP contribution in [0.2, 0.25) is 0 Å². The number of para-hydroxylation sites is 2. The first-order valence-corrected chi connectivity index (χ1v) is 9.62. The van der Waals surface area contributed by atoms with Gasteiger partial charge in [-0.1, -0.05) is 41.6 Å². The van der Waals surface area contributed by atoms with E-state index in [1.807, 2.05) is 43.3 Å². The van der Waals surface area contributed by atoms with E-state index in [4.69, 9.17) is 9.57 Å². The van der Waals surface area contributed by atoms with Crippen LogP contribution in [0.1, 0.15) is 21.5 Å². The molecule has 3 aromatic rings. The van der Waals surface area contributed by atoms with Gasteiger partial charge in [0.1, 0.15) is 5.75 Å². The molecule has 3 rings (SSSR count). The van der Waals surface area contributed by atoms with E-state index in [2.05, 4.69) is 15.8 Å². The second-order valence-electron chi connectivity index (χ2n) is 6.64. The molecule has 7 nitrogen and oxygen atoms in total. The molecule has 2 N–H and O–H groups in total. The Bertz CT molecular complexity index is 1080. The third-order valence-electron chi connectivity index (χ3n) is 4.44. The van der Waals surface area contributed by atoms with E-state index < -0.39 is 0 Å². The molecule has 0 atom stereocenters. The minimum atomic E-state index is -0.354. The Morgan fingerprint density at radius 3 is 2.39 bits per heavy atom. The van der Waals surface area contributed by atoms with Gasteiger partial charge in [0.15, 0.2) is 6.61 Å². The number of carbonyl (C=O) groups excluding carboxylic acids is 2. The minimum Gasteiger partial charge on any atom is -0.495 e. The number of hydrogen-bond acceptors (Lipinski definition) is 5. The Labute approximate surface area is 180 Å². The van der Waals surface area contributed by atoms with E-state index in [1.165, 1.54) is 0 Å². The quantitative estimate of drug-likeness (QED) is 0.424. The maximum atomic E-state index is 12.4. The highest BCUT2D eigenvalue weighted by Gasteiger charge is 2.10. The maximum absolute atomic E-state index is 12.4. The summed E-state index contributed by atoms with van der Waals surface area (Å²) in [5.41, 5.74) is 3.56. The summed E-state index contributed by atoms with van der Waals surface area (Å²) in [7, 11) is 1.54. The highest BCUT2D eigenvalue weighted by atomic mass is 16.6. The Morgan fingerprint density at radius 1 is 0.935 bits per heavy atom. The van der Waals surface area contributed by atoms with Gasteiger partial charge >= 0.3 is 0 Å². The van der Waals surface area contributed by atoms with Crippen LogP contribution in [0.5, 0.6) is 5.75 Å². The Balaban J connectivity index is 1.50. The van der Waals surface area contributed by atoms with Gasteiger partial charge in [-0.2, -0.15) is 0 Å². The number of benzene rings is 3. The first-order valence-electron chi connectivity index (χ1n) is 9.62. The number of rotatable bonds is 8. The van der Waals surface area contributed by atoms with Crippen molar-refractivity contribution < 1.29 is 19.2 Å². The lowest BCUT2D eigenvalue weighted by molar-refractivity contribution is -0.120. The lowest BCUT2D eigenvalue weighted by atomic mass is 10.1. The average molecular weight is 417 g/mol. The van der Waals surface area contributed by atoms with Crippen molar-refractivity contribution in [2.45, 2.75) is 6.92 Å². The molecule has 2 amide bonds. The lowest BCUT2D eigenvalue weighted by Gasteiger charge is -2.10. The molecule has 0 aromatic heterocycles. The van der Waals surface area contributed by atoms with Crippen molar-refractivity contribution in [3.8, 4) is 5.75 Å². The van der Waals surface area contributed by atoms with Crippen molar-refractivity contribution in [3.63, 3.8) is 0 Å². The van der Waals surface area contributed by atoms with Gasteiger partial charge in [-0.25, -0.2) is 0 Å². The van der Waals surface area contributed by atoms with Crippen LogP contribution in [0, 0.1) is 6.92 Å². The molecule has 3 aromatic carbocycles. The maximum Gasteiger partial charge on any atom is 0.265 e. The zero-order chi connectivity index (χ0) is 22.1. The molecule has 0 saturated carbocycles. The van der Waals surface area contributed by atoms with Crippen molar-refractivity contribution in [2.24, 2.45) is 5.16 Å². The number of aryl methyl sites for hydroxylation is 1. The summed E-state index contributed by atoms with van der Waals surface area (Å²) < 4.78 is 5.23. The van der Waals surface area contributed by atoms with Crippen LogP contribution in [0.25, 0.3) is 0 Å². The smallest absolute Gasteiger partial charge is 0.265 e. The average Bonchev–Trinajstić information content (AvgIpc) is 2.78. The third kappa shape index (κ3) is 6.17. The molecule has 0 radical (unpaired) electrons. The van der Waals surface area contributed by atoms with Crippen molar-refractivity contribution in [1.82, 2.24) is 0 Å². The van der Waals surface area contributed by atoms with Crippen molar-refractivity contribution >= 4 is 29.4 Å². The highest BCUT2D eigenvalue weighted by molar-refractivity contribution is 6.05. The summed E-state index contributed by atoms with van der Waals surface area (Å²) >= 11 is 0. The van der Waals surface area contributed by atoms with Gasteiger partial charge in [0.05, 0.1) is 19.0 Å². The van der Waals surface area contributed by atoms with Crippen molar-refractivity contribution in [3.05, 3.63) is 89.5 Å². The predicted molar refractivity (Wildman–Crippen MR) is 121 cm³/mol. The molecule has 7 heteroatoms. The number of methoxy groups -OCH3 is 1. The van der Waals surface area contributed by atoms with Crippen LogP contribution < -0.4 is 15.4 Å². The number of hydrogen-bond donors (Lipinski definition) is 2. The molecule has 0 unspecified atom stereocenters. The van der Waals surface area contributed by atoms with Gasteiger partial charge in [0, 0.05) is 11.3 Å². The minimum absolute atomic E-state index is 0.224. The second-order valence-corrected chi connectivity index (χ2v) is 6.64. The number of anilines is 2. The zero-order valence-corrected chi connectivity index (χ0v) is 17.3. The third-order valence-corrected chi connectivity index (χ3v) is 4.44. The topological polar surface area (TPSA) is 89.0 Å². The lowest BCUT2D eigenvalue weighted by Crippen LogP contribution is -2.17. The van der Waals surface area contributed by atoms with Crippen LogP contribution in [0.4, 0.5) is 11.4 Å². The van der Waals surface area contributed by atoms with Crippen LogP contribution in [0.3, 0.4) is 0 Å². The van der Waals surface area contributed by atoms with E-state index in [9.17, 15) is 9.59 Å². The SMILES string of the molecule is COc1ccccc1NC(=O)c1ccc(NC(=O)CO/N=C/c2ccccc2C)cc1. The van der Waals surface area contributed by atoms with E-state index in [-0.39, 0.29) is 18.4 Å². The summed E-state index contributed by atoms with van der Waals surface area (Å²) in [6, 6.07) is 21.4. The summed E-state index contributed by atoms with van der Waals surface area (Å²) in [5.74, 6) is -0.0609. The van der Waals surface area contributed by atoms with E-state index in [1.54, 1.807) is 49.7 Å². The zero-order valence-electron chi connectivity index (χ0n) is 17.3. The molecular formula is C24H23N3O4. The van der Waals surface area contributed by atoms with Crippen LogP contribution in [-0.4, -0.2) is 31.7 Å². The fourth-order valence-corrected chi connectivity index (χ4v) is 2.77. The van der Waals surface area contributed by atoms with Gasteiger partial charge in [0.25, 0.3) is 11.8 Å². The van der Waals surface area contributed by atoms with E-state index in [0.29, 0.717) is 22.7 Å². The fraction of sp³-hybridized carbons (Fsp3) is 0.125. The normalized spacial score (nSPS) is 10.5. The van der Waals surface area contributed by atoms with Crippen molar-refractivity contribution in [2.75, 3.05) is 24.4 Å². The molecule has 0 saturated heterocycles. The predicted octanol–water partition coefficient (Wildman–Crippen LogP) is 4.25. The monoisotopic (exact) mass is 417 g/mol. The number of ether oxygens (including phenoxy) is 1. The van der Waals surface area contributed by atoms with Gasteiger partial charge in [-0.3, -0.25) is 9.59 Å². The molecule has 31 heavy (non-hydrogen) atoms. The molecule has 158 valence electrons. The summed E-state index contributed by atoms with van der Waals surface area (Å²) in [6.45, 7) is 1.74. The first kappa shape index (κ1) is 21.6. The van der Waals surface area contributed by atoms with Crippen LogP contribution in [0.15, 0.2) is 78.0 Å². The van der Waals surface area contributed by atoms with E-state index in [0.717, 1.165) is 11.1 Å². The van der Waals surface area contributed by atoms with Gasteiger partial charge < -0.3 is 20.2 Å². The summed E-state index contributed by atoms with van der Waals surface area (Å²) in [5, 5.41) is 9.33. The molecule has 0 spiro atoms. The Kier molecular flexibility index (Phi) is 7.37. The number of carbonyl (C=O) groups is 2. The Morgan fingerprint density at radius 2 is 1.65 bits per heavy atom. The number of oxime groups is 1. The van der Waals surface area contributed by atoms with Gasteiger partial charge in [-0.15, -0.1) is 0 Å². The van der Waals surface area contributed by atoms with Crippen LogP contribution in [-0.2, 0) is 9.63 Å². The molecule has 0 fully saturated rings. The highest BCUT2D eigenvalue weighted by Crippen LogP contribution is 2.23. The summed E-state index contributed by atoms with van der Waals surface area (Å²) in [4.78, 5) is 29.5. The first-order chi connectivity index (χ1) is 15.1. The van der Waals surface area contributed by atoms with Gasteiger partial charge in [0.2, 0.25) is 0 Å². The van der Waals surface area contributed by atoms with E-state index >= 15 is 0 Å². The fourth-order valence-electron chi connectivity index (χ4n) is 2.77. The largest absolute Gasteiger partial charge is 0.495 e. The molecular weight excluding hydrogens is 394 g/mol. The van der Waals surface area contributed by atoms with Crippen LogP contribution >= 0.6 is 0 Å². The van der Waals surface area contributed by atoms with Crippen molar-refractivity contribution in [1.29, 1.82) is 0 Å². The van der Waals surface area contributed by atoms with Gasteiger partial charge in [-0.05, 0) is 54.4 Å². The molecule has 0 heterocycles. The Hall–Kier alpha value is -4.13. The molecule has 0 aliphatic carbocycles. The number of nitrogens with one attached hydrogen (secondary N) is 2. The number of nitrogens with zero attached hydrogens (tertiary/aromatic N) is 1. The molecule has 0 bridgehead atoms. The second kappa shape index (κ2) is 10.6. The number of amides is 2. The molecule has 0 aliphatic heterocycles. The summed E-state index contributed by atoms with van der Waals surface area (Å²) in [6.07, 6.45) is 1.57.